The lowest BCUT2D eigenvalue weighted by atomic mass is 9.64. The second-order valence-electron chi connectivity index (χ2n) is 7.65. The lowest BCUT2D eigenvalue weighted by Gasteiger charge is -2.42. The van der Waals surface area contributed by atoms with Gasteiger partial charge in [0.1, 0.15) is 5.75 Å². The molecule has 1 aliphatic rings. The van der Waals surface area contributed by atoms with Crippen LogP contribution in [0, 0.1) is 23.2 Å². The second-order valence-corrected chi connectivity index (χ2v) is 7.65. The number of para-hydroxylation sites is 1. The molecule has 0 radical (unpaired) electrons. The molecule has 2 N–H and O–H groups in total. The van der Waals surface area contributed by atoms with Crippen molar-refractivity contribution in [3.05, 3.63) is 29.8 Å². The van der Waals surface area contributed by atoms with Gasteiger partial charge in [0.25, 0.3) is 0 Å². The molecule has 21 heavy (non-hydrogen) atoms. The molecule has 2 heteroatoms. The van der Waals surface area contributed by atoms with Gasteiger partial charge in [-0.25, -0.2) is 0 Å². The van der Waals surface area contributed by atoms with Gasteiger partial charge in [0.05, 0.1) is 7.11 Å². The van der Waals surface area contributed by atoms with E-state index in [1.54, 1.807) is 7.11 Å². The van der Waals surface area contributed by atoms with E-state index in [0.29, 0.717) is 17.3 Å². The third-order valence-electron chi connectivity index (χ3n) is 5.34. The largest absolute Gasteiger partial charge is 0.496 e. The summed E-state index contributed by atoms with van der Waals surface area (Å²) in [6, 6.07) is 8.42. The van der Waals surface area contributed by atoms with E-state index in [2.05, 4.69) is 39.0 Å². The molecule has 3 unspecified atom stereocenters. The van der Waals surface area contributed by atoms with Crippen molar-refractivity contribution in [1.29, 1.82) is 0 Å². The van der Waals surface area contributed by atoms with E-state index in [1.807, 2.05) is 6.07 Å². The van der Waals surface area contributed by atoms with E-state index in [-0.39, 0.29) is 0 Å². The van der Waals surface area contributed by atoms with E-state index in [1.165, 1.54) is 24.8 Å². The van der Waals surface area contributed by atoms with E-state index in [4.69, 9.17) is 10.5 Å². The molecule has 0 saturated heterocycles. The predicted molar refractivity (Wildman–Crippen MR) is 89.5 cm³/mol. The zero-order valence-corrected chi connectivity index (χ0v) is 14.1. The van der Waals surface area contributed by atoms with Crippen molar-refractivity contribution < 1.29 is 4.74 Å². The molecule has 3 atom stereocenters. The molecule has 1 aromatic rings. The van der Waals surface area contributed by atoms with E-state index in [0.717, 1.165) is 24.6 Å². The molecule has 0 heterocycles. The van der Waals surface area contributed by atoms with Crippen molar-refractivity contribution in [1.82, 2.24) is 0 Å². The molecule has 0 aromatic heterocycles. The van der Waals surface area contributed by atoms with Crippen molar-refractivity contribution in [3.8, 4) is 5.75 Å². The molecule has 2 nitrogen and oxygen atoms in total. The first kappa shape index (κ1) is 16.4. The lowest BCUT2D eigenvalue weighted by Crippen LogP contribution is -2.36. The Labute approximate surface area is 130 Å². The molecule has 118 valence electrons. The SMILES string of the molecule is COc1ccccc1CC1CC(C(C)(C)C)CCC1CN. The Morgan fingerprint density at radius 2 is 1.86 bits per heavy atom. The summed E-state index contributed by atoms with van der Waals surface area (Å²) in [4.78, 5) is 0. The summed E-state index contributed by atoms with van der Waals surface area (Å²) in [6.45, 7) is 7.94. The van der Waals surface area contributed by atoms with Crippen LogP contribution in [0.25, 0.3) is 0 Å². The summed E-state index contributed by atoms with van der Waals surface area (Å²) < 4.78 is 5.52. The standard InChI is InChI=1S/C19H31NO/c1-19(2,3)17-10-9-15(13-20)16(12-17)11-14-7-5-6-8-18(14)21-4/h5-8,15-17H,9-13,20H2,1-4H3. The zero-order chi connectivity index (χ0) is 15.5. The van der Waals surface area contributed by atoms with Crippen molar-refractivity contribution in [2.75, 3.05) is 13.7 Å². The Bertz CT molecular complexity index is 449. The maximum Gasteiger partial charge on any atom is 0.122 e. The predicted octanol–water partition coefficient (Wildman–Crippen LogP) is 4.28. The summed E-state index contributed by atoms with van der Waals surface area (Å²) in [5.41, 5.74) is 7.77. The van der Waals surface area contributed by atoms with Crippen molar-refractivity contribution in [2.45, 2.75) is 46.5 Å². The molecular formula is C19H31NO. The average molecular weight is 289 g/mol. The number of ether oxygens (including phenoxy) is 1. The van der Waals surface area contributed by atoms with Gasteiger partial charge >= 0.3 is 0 Å². The van der Waals surface area contributed by atoms with Crippen LogP contribution in [0.2, 0.25) is 0 Å². The van der Waals surface area contributed by atoms with Crippen LogP contribution in [0.5, 0.6) is 5.75 Å². The van der Waals surface area contributed by atoms with Gasteiger partial charge in [-0.15, -0.1) is 0 Å². The van der Waals surface area contributed by atoms with Crippen LogP contribution in [-0.4, -0.2) is 13.7 Å². The minimum atomic E-state index is 0.401. The molecule has 1 fully saturated rings. The third-order valence-corrected chi connectivity index (χ3v) is 5.34. The van der Waals surface area contributed by atoms with Gasteiger partial charge in [0.15, 0.2) is 0 Å². The highest BCUT2D eigenvalue weighted by Crippen LogP contribution is 2.44. The highest BCUT2D eigenvalue weighted by molar-refractivity contribution is 5.33. The Kier molecular flexibility index (Phi) is 5.32. The molecule has 0 spiro atoms. The first-order chi connectivity index (χ1) is 9.95. The van der Waals surface area contributed by atoms with E-state index in [9.17, 15) is 0 Å². The Balaban J connectivity index is 2.14. The fourth-order valence-corrected chi connectivity index (χ4v) is 3.83. The van der Waals surface area contributed by atoms with Crippen molar-refractivity contribution in [3.63, 3.8) is 0 Å². The highest BCUT2D eigenvalue weighted by atomic mass is 16.5. The molecule has 2 rings (SSSR count). The van der Waals surface area contributed by atoms with Crippen LogP contribution in [0.1, 0.15) is 45.6 Å². The van der Waals surface area contributed by atoms with Gasteiger partial charge in [-0.1, -0.05) is 39.0 Å². The van der Waals surface area contributed by atoms with Crippen LogP contribution in [-0.2, 0) is 6.42 Å². The van der Waals surface area contributed by atoms with Crippen molar-refractivity contribution in [2.24, 2.45) is 28.9 Å². The number of nitrogens with two attached hydrogens (primary N) is 1. The number of hydrogen-bond acceptors (Lipinski definition) is 2. The van der Waals surface area contributed by atoms with Gasteiger partial charge in [-0.2, -0.15) is 0 Å². The molecule has 1 saturated carbocycles. The Morgan fingerprint density at radius 1 is 1.14 bits per heavy atom. The van der Waals surface area contributed by atoms with Crippen LogP contribution >= 0.6 is 0 Å². The quantitative estimate of drug-likeness (QED) is 0.898. The maximum atomic E-state index is 6.04. The number of rotatable bonds is 4. The van der Waals surface area contributed by atoms with Crippen molar-refractivity contribution >= 4 is 0 Å². The monoisotopic (exact) mass is 289 g/mol. The summed E-state index contributed by atoms with van der Waals surface area (Å²) in [7, 11) is 1.76. The molecular weight excluding hydrogens is 258 g/mol. The first-order valence-electron chi connectivity index (χ1n) is 8.27. The summed E-state index contributed by atoms with van der Waals surface area (Å²) in [5, 5.41) is 0. The van der Waals surface area contributed by atoms with Gasteiger partial charge in [-0.3, -0.25) is 0 Å². The van der Waals surface area contributed by atoms with Gasteiger partial charge < -0.3 is 10.5 Å². The number of methoxy groups -OCH3 is 1. The fourth-order valence-electron chi connectivity index (χ4n) is 3.83. The lowest BCUT2D eigenvalue weighted by molar-refractivity contribution is 0.101. The third kappa shape index (κ3) is 4.00. The first-order valence-corrected chi connectivity index (χ1v) is 8.27. The van der Waals surface area contributed by atoms with E-state index < -0.39 is 0 Å². The van der Waals surface area contributed by atoms with Crippen LogP contribution < -0.4 is 10.5 Å². The minimum absolute atomic E-state index is 0.401. The van der Waals surface area contributed by atoms with Gasteiger partial charge in [0, 0.05) is 0 Å². The smallest absolute Gasteiger partial charge is 0.122 e. The Hall–Kier alpha value is -1.02. The average Bonchev–Trinajstić information content (AvgIpc) is 2.47. The summed E-state index contributed by atoms with van der Waals surface area (Å²) in [6.07, 6.45) is 4.99. The Morgan fingerprint density at radius 3 is 2.48 bits per heavy atom. The fraction of sp³-hybridized carbons (Fsp3) is 0.684. The van der Waals surface area contributed by atoms with Gasteiger partial charge in [-0.05, 0) is 67.0 Å². The van der Waals surface area contributed by atoms with Crippen LogP contribution in [0.3, 0.4) is 0 Å². The molecule has 0 aliphatic heterocycles. The molecule has 0 amide bonds. The second kappa shape index (κ2) is 6.83. The molecule has 1 aliphatic carbocycles. The number of hydrogen-bond donors (Lipinski definition) is 1. The van der Waals surface area contributed by atoms with Gasteiger partial charge in [0.2, 0.25) is 0 Å². The maximum absolute atomic E-state index is 6.04. The van der Waals surface area contributed by atoms with Crippen LogP contribution in [0.15, 0.2) is 24.3 Å². The topological polar surface area (TPSA) is 35.2 Å². The molecule has 1 aromatic carbocycles. The van der Waals surface area contributed by atoms with E-state index >= 15 is 0 Å². The minimum Gasteiger partial charge on any atom is -0.496 e. The highest BCUT2D eigenvalue weighted by Gasteiger charge is 2.35. The normalized spacial score (nSPS) is 26.6. The zero-order valence-electron chi connectivity index (χ0n) is 14.1. The van der Waals surface area contributed by atoms with Crippen LogP contribution in [0.4, 0.5) is 0 Å². The summed E-state index contributed by atoms with van der Waals surface area (Å²) in [5.74, 6) is 3.17. The number of benzene rings is 1. The summed E-state index contributed by atoms with van der Waals surface area (Å²) >= 11 is 0. The molecule has 0 bridgehead atoms.